The molecule has 158 valence electrons. The van der Waals surface area contributed by atoms with E-state index in [1.54, 1.807) is 12.3 Å². The number of piperidine rings is 1. The van der Waals surface area contributed by atoms with Crippen LogP contribution in [0.25, 0.3) is 0 Å². The standard InChI is InChI=1S/C23H28N4O3/c1-17-2-4-18(5-3-17)22(28)26-10-7-20(8-11-26)25-21-16-19(6-9-24-21)23(29)27-12-14-30-15-13-27/h2-6,9,16,20H,7-8,10-15H2,1H3,(H,24,25). The molecule has 1 aromatic heterocycles. The number of rotatable bonds is 4. The van der Waals surface area contributed by atoms with Crippen molar-refractivity contribution < 1.29 is 14.3 Å². The summed E-state index contributed by atoms with van der Waals surface area (Å²) in [7, 11) is 0. The molecule has 0 atom stereocenters. The number of benzene rings is 1. The molecule has 0 aliphatic carbocycles. The number of hydrogen-bond acceptors (Lipinski definition) is 5. The predicted octanol–water partition coefficient (Wildman–Crippen LogP) is 2.58. The van der Waals surface area contributed by atoms with Gasteiger partial charge in [-0.1, -0.05) is 17.7 Å². The quantitative estimate of drug-likeness (QED) is 0.842. The first-order valence-electron chi connectivity index (χ1n) is 10.6. The lowest BCUT2D eigenvalue weighted by molar-refractivity contribution is 0.0303. The molecular formula is C23H28N4O3. The first-order chi connectivity index (χ1) is 14.6. The molecule has 0 saturated carbocycles. The maximum atomic E-state index is 12.7. The van der Waals surface area contributed by atoms with Gasteiger partial charge in [-0.15, -0.1) is 0 Å². The summed E-state index contributed by atoms with van der Waals surface area (Å²) < 4.78 is 5.32. The third-order valence-corrected chi connectivity index (χ3v) is 5.74. The molecule has 3 heterocycles. The Morgan fingerprint density at radius 3 is 2.27 bits per heavy atom. The van der Waals surface area contributed by atoms with Crippen molar-refractivity contribution in [2.45, 2.75) is 25.8 Å². The number of morpholine rings is 1. The van der Waals surface area contributed by atoms with E-state index < -0.39 is 0 Å². The van der Waals surface area contributed by atoms with Crippen LogP contribution in [0.3, 0.4) is 0 Å². The number of nitrogens with one attached hydrogen (secondary N) is 1. The molecule has 2 saturated heterocycles. The van der Waals surface area contributed by atoms with Crippen molar-refractivity contribution in [3.05, 3.63) is 59.3 Å². The minimum atomic E-state index is 0.0160. The second-order valence-corrected chi connectivity index (χ2v) is 7.91. The highest BCUT2D eigenvalue weighted by Crippen LogP contribution is 2.19. The number of likely N-dealkylation sites (tertiary alicyclic amines) is 1. The Hall–Kier alpha value is -2.93. The molecule has 7 heteroatoms. The lowest BCUT2D eigenvalue weighted by Crippen LogP contribution is -2.42. The van der Waals surface area contributed by atoms with Crippen molar-refractivity contribution in [1.82, 2.24) is 14.8 Å². The maximum Gasteiger partial charge on any atom is 0.254 e. The number of carbonyl (C=O) groups excluding carboxylic acids is 2. The Labute approximate surface area is 177 Å². The van der Waals surface area contributed by atoms with Gasteiger partial charge in [-0.3, -0.25) is 9.59 Å². The SMILES string of the molecule is Cc1ccc(C(=O)N2CCC(Nc3cc(C(=O)N4CCOCC4)ccn3)CC2)cc1. The molecule has 2 amide bonds. The molecule has 0 unspecified atom stereocenters. The van der Waals surface area contributed by atoms with Gasteiger partial charge in [0.2, 0.25) is 0 Å². The van der Waals surface area contributed by atoms with Crippen molar-refractivity contribution >= 4 is 17.6 Å². The number of pyridine rings is 1. The van der Waals surface area contributed by atoms with Gasteiger partial charge < -0.3 is 19.9 Å². The highest BCUT2D eigenvalue weighted by Gasteiger charge is 2.24. The molecule has 7 nitrogen and oxygen atoms in total. The number of amides is 2. The van der Waals surface area contributed by atoms with Crippen molar-refractivity contribution in [3.8, 4) is 0 Å². The summed E-state index contributed by atoms with van der Waals surface area (Å²) in [6.45, 7) is 5.84. The summed E-state index contributed by atoms with van der Waals surface area (Å²) in [5.41, 5.74) is 2.53. The number of ether oxygens (including phenoxy) is 1. The van der Waals surface area contributed by atoms with E-state index in [1.165, 1.54) is 0 Å². The summed E-state index contributed by atoms with van der Waals surface area (Å²) >= 11 is 0. The average molecular weight is 409 g/mol. The maximum absolute atomic E-state index is 12.7. The number of hydrogen-bond donors (Lipinski definition) is 1. The zero-order valence-corrected chi connectivity index (χ0v) is 17.3. The second-order valence-electron chi connectivity index (χ2n) is 7.91. The van der Waals surface area contributed by atoms with E-state index in [0.29, 0.717) is 50.8 Å². The summed E-state index contributed by atoms with van der Waals surface area (Å²) in [6, 6.07) is 11.5. The molecule has 2 aromatic rings. The molecule has 1 N–H and O–H groups in total. The number of anilines is 1. The van der Waals surface area contributed by atoms with Crippen LogP contribution in [0.1, 0.15) is 39.1 Å². The first kappa shape index (κ1) is 20.3. The topological polar surface area (TPSA) is 74.8 Å². The van der Waals surface area contributed by atoms with Crippen LogP contribution in [0.15, 0.2) is 42.6 Å². The molecule has 2 aliphatic heterocycles. The highest BCUT2D eigenvalue weighted by molar-refractivity contribution is 5.95. The fraction of sp³-hybridized carbons (Fsp3) is 0.435. The fourth-order valence-corrected chi connectivity index (χ4v) is 3.91. The Morgan fingerprint density at radius 2 is 1.57 bits per heavy atom. The summed E-state index contributed by atoms with van der Waals surface area (Å²) in [5, 5.41) is 3.44. The van der Waals surface area contributed by atoms with Gasteiger partial charge in [0.1, 0.15) is 5.82 Å². The molecule has 0 bridgehead atoms. The van der Waals surface area contributed by atoms with Crippen LogP contribution in [0.2, 0.25) is 0 Å². The molecular weight excluding hydrogens is 380 g/mol. The lowest BCUT2D eigenvalue weighted by atomic mass is 10.0. The van der Waals surface area contributed by atoms with Crippen LogP contribution in [-0.4, -0.2) is 72.0 Å². The van der Waals surface area contributed by atoms with E-state index in [-0.39, 0.29) is 17.9 Å². The van der Waals surface area contributed by atoms with Crippen LogP contribution in [0.4, 0.5) is 5.82 Å². The van der Waals surface area contributed by atoms with Crippen molar-refractivity contribution in [2.24, 2.45) is 0 Å². The van der Waals surface area contributed by atoms with Crippen molar-refractivity contribution in [1.29, 1.82) is 0 Å². The Bertz CT molecular complexity index is 886. The molecule has 0 radical (unpaired) electrons. The van der Waals surface area contributed by atoms with E-state index in [9.17, 15) is 9.59 Å². The molecule has 30 heavy (non-hydrogen) atoms. The minimum Gasteiger partial charge on any atom is -0.378 e. The Kier molecular flexibility index (Phi) is 6.28. The van der Waals surface area contributed by atoms with Crippen LogP contribution in [0.5, 0.6) is 0 Å². The smallest absolute Gasteiger partial charge is 0.254 e. The number of nitrogens with zero attached hydrogens (tertiary/aromatic N) is 3. The summed E-state index contributed by atoms with van der Waals surface area (Å²) in [5.74, 6) is 0.810. The molecule has 2 aliphatic rings. The number of aromatic nitrogens is 1. The molecule has 0 spiro atoms. The predicted molar refractivity (Wildman–Crippen MR) is 115 cm³/mol. The van der Waals surface area contributed by atoms with Crippen molar-refractivity contribution in [2.75, 3.05) is 44.7 Å². The summed E-state index contributed by atoms with van der Waals surface area (Å²) in [6.07, 6.45) is 3.37. The van der Waals surface area contributed by atoms with E-state index >= 15 is 0 Å². The average Bonchev–Trinajstić information content (AvgIpc) is 2.80. The summed E-state index contributed by atoms with van der Waals surface area (Å²) in [4.78, 5) is 33.5. The number of carbonyl (C=O) groups is 2. The van der Waals surface area contributed by atoms with E-state index in [0.717, 1.165) is 24.0 Å². The van der Waals surface area contributed by atoms with E-state index in [2.05, 4.69) is 10.3 Å². The van der Waals surface area contributed by atoms with Gasteiger partial charge in [-0.2, -0.15) is 0 Å². The Morgan fingerprint density at radius 1 is 0.933 bits per heavy atom. The van der Waals surface area contributed by atoms with Gasteiger partial charge >= 0.3 is 0 Å². The fourth-order valence-electron chi connectivity index (χ4n) is 3.91. The van der Waals surface area contributed by atoms with Crippen LogP contribution >= 0.6 is 0 Å². The third kappa shape index (κ3) is 4.79. The van der Waals surface area contributed by atoms with Crippen LogP contribution in [-0.2, 0) is 4.74 Å². The van der Waals surface area contributed by atoms with Gasteiger partial charge in [-0.05, 0) is 44.0 Å². The van der Waals surface area contributed by atoms with Gasteiger partial charge in [0.05, 0.1) is 13.2 Å². The largest absolute Gasteiger partial charge is 0.378 e. The van der Waals surface area contributed by atoms with Crippen LogP contribution in [0, 0.1) is 6.92 Å². The van der Waals surface area contributed by atoms with Gasteiger partial charge in [-0.25, -0.2) is 4.98 Å². The molecule has 4 rings (SSSR count). The third-order valence-electron chi connectivity index (χ3n) is 5.74. The second kappa shape index (κ2) is 9.26. The van der Waals surface area contributed by atoms with Gasteiger partial charge in [0, 0.05) is 49.5 Å². The highest BCUT2D eigenvalue weighted by atomic mass is 16.5. The first-order valence-corrected chi connectivity index (χ1v) is 10.6. The van der Waals surface area contributed by atoms with Gasteiger partial charge in [0.25, 0.3) is 11.8 Å². The van der Waals surface area contributed by atoms with Crippen molar-refractivity contribution in [3.63, 3.8) is 0 Å². The minimum absolute atomic E-state index is 0.0160. The lowest BCUT2D eigenvalue weighted by Gasteiger charge is -2.33. The normalized spacial score (nSPS) is 17.6. The Balaban J connectivity index is 1.32. The van der Waals surface area contributed by atoms with Gasteiger partial charge in [0.15, 0.2) is 0 Å². The number of aryl methyl sites for hydroxylation is 1. The van der Waals surface area contributed by atoms with E-state index in [4.69, 9.17) is 4.74 Å². The molecule has 2 fully saturated rings. The van der Waals surface area contributed by atoms with Crippen LogP contribution < -0.4 is 5.32 Å². The zero-order chi connectivity index (χ0) is 20.9. The van der Waals surface area contributed by atoms with E-state index in [1.807, 2.05) is 47.1 Å². The zero-order valence-electron chi connectivity index (χ0n) is 17.3. The molecule has 1 aromatic carbocycles. The monoisotopic (exact) mass is 408 g/mol.